The molecule has 1 aromatic carbocycles. The van der Waals surface area contributed by atoms with Gasteiger partial charge in [0, 0.05) is 5.33 Å². The lowest BCUT2D eigenvalue weighted by molar-refractivity contribution is -0.137. The predicted octanol–water partition coefficient (Wildman–Crippen LogP) is 5.28. The Balaban J connectivity index is 0.000000325. The summed E-state index contributed by atoms with van der Waals surface area (Å²) in [7, 11) is 0. The predicted molar refractivity (Wildman–Crippen MR) is 64.8 cm³/mol. The Morgan fingerprint density at radius 3 is 1.88 bits per heavy atom. The van der Waals surface area contributed by atoms with Crippen molar-refractivity contribution in [3.05, 3.63) is 35.9 Å². The van der Waals surface area contributed by atoms with Crippen LogP contribution in [0.3, 0.4) is 0 Å². The SMILES string of the molecule is CCCCCBr.FC(F)(F)c1ccccc1. The second-order valence-corrected chi connectivity index (χ2v) is 4.05. The van der Waals surface area contributed by atoms with E-state index in [2.05, 4.69) is 22.9 Å². The van der Waals surface area contributed by atoms with Crippen LogP contribution in [-0.4, -0.2) is 5.33 Å². The largest absolute Gasteiger partial charge is 0.416 e. The van der Waals surface area contributed by atoms with Crippen LogP contribution in [0.4, 0.5) is 13.2 Å². The first-order chi connectivity index (χ1) is 7.52. The van der Waals surface area contributed by atoms with E-state index in [4.69, 9.17) is 0 Å². The molecule has 0 N–H and O–H groups in total. The summed E-state index contributed by atoms with van der Waals surface area (Å²) in [5.74, 6) is 0. The second-order valence-electron chi connectivity index (χ2n) is 3.26. The van der Waals surface area contributed by atoms with Gasteiger partial charge in [-0.05, 0) is 6.42 Å². The number of halogens is 4. The van der Waals surface area contributed by atoms with Gasteiger partial charge in [-0.2, -0.15) is 13.2 Å². The Morgan fingerprint density at radius 1 is 1.06 bits per heavy atom. The third-order valence-corrected chi connectivity index (χ3v) is 2.40. The summed E-state index contributed by atoms with van der Waals surface area (Å²) in [5.41, 5.74) is -0.602. The van der Waals surface area contributed by atoms with Gasteiger partial charge in [0.2, 0.25) is 0 Å². The van der Waals surface area contributed by atoms with E-state index in [0.717, 1.165) is 12.1 Å². The molecule has 0 amide bonds. The molecule has 4 heteroatoms. The lowest BCUT2D eigenvalue weighted by atomic mass is 10.2. The monoisotopic (exact) mass is 296 g/mol. The topological polar surface area (TPSA) is 0 Å². The van der Waals surface area contributed by atoms with Crippen molar-refractivity contribution in [2.75, 3.05) is 5.33 Å². The maximum Gasteiger partial charge on any atom is 0.416 e. The smallest absolute Gasteiger partial charge is 0.166 e. The zero-order valence-corrected chi connectivity index (χ0v) is 10.8. The molecule has 0 fully saturated rings. The molecule has 0 aliphatic carbocycles. The summed E-state index contributed by atoms with van der Waals surface area (Å²) >= 11 is 3.35. The fraction of sp³-hybridized carbons (Fsp3) is 0.500. The summed E-state index contributed by atoms with van der Waals surface area (Å²) in [5, 5.41) is 1.17. The number of rotatable bonds is 3. The van der Waals surface area contributed by atoms with Crippen molar-refractivity contribution >= 4 is 15.9 Å². The van der Waals surface area contributed by atoms with Crippen LogP contribution in [0.1, 0.15) is 31.7 Å². The molecule has 0 heterocycles. The summed E-state index contributed by atoms with van der Waals surface area (Å²) in [6, 6.07) is 6.36. The molecule has 16 heavy (non-hydrogen) atoms. The quantitative estimate of drug-likeness (QED) is 0.526. The molecule has 92 valence electrons. The molecular formula is C12H16BrF3. The van der Waals surface area contributed by atoms with E-state index < -0.39 is 11.7 Å². The van der Waals surface area contributed by atoms with Crippen molar-refractivity contribution in [2.45, 2.75) is 32.4 Å². The Kier molecular flexibility index (Phi) is 8.35. The van der Waals surface area contributed by atoms with Crippen molar-refractivity contribution in [3.63, 3.8) is 0 Å². The van der Waals surface area contributed by atoms with Gasteiger partial charge >= 0.3 is 6.18 Å². The van der Waals surface area contributed by atoms with Gasteiger partial charge in [-0.3, -0.25) is 0 Å². The maximum absolute atomic E-state index is 11.8. The molecule has 0 radical (unpaired) electrons. The highest BCUT2D eigenvalue weighted by Crippen LogP contribution is 2.28. The lowest BCUT2D eigenvalue weighted by Crippen LogP contribution is -2.03. The van der Waals surface area contributed by atoms with E-state index in [9.17, 15) is 13.2 Å². The number of alkyl halides is 4. The molecular weight excluding hydrogens is 281 g/mol. The normalized spacial score (nSPS) is 10.6. The summed E-state index contributed by atoms with van der Waals surface area (Å²) < 4.78 is 35.4. The van der Waals surface area contributed by atoms with Crippen LogP contribution in [0.2, 0.25) is 0 Å². The number of benzene rings is 1. The lowest BCUT2D eigenvalue weighted by Gasteiger charge is -2.03. The standard InChI is InChI=1S/C7H5F3.C5H11Br/c8-7(9,10)6-4-2-1-3-5-6;1-2-3-4-5-6/h1-5H;2-5H2,1H3. The third-order valence-electron chi connectivity index (χ3n) is 1.84. The zero-order chi connectivity index (χ0) is 12.4. The number of unbranched alkanes of at least 4 members (excludes halogenated alkanes) is 2. The van der Waals surface area contributed by atoms with Crippen LogP contribution in [0.15, 0.2) is 30.3 Å². The minimum atomic E-state index is -4.21. The van der Waals surface area contributed by atoms with E-state index in [1.54, 1.807) is 6.07 Å². The van der Waals surface area contributed by atoms with E-state index in [1.807, 2.05) is 0 Å². The molecule has 0 bridgehead atoms. The van der Waals surface area contributed by atoms with Crippen molar-refractivity contribution in [3.8, 4) is 0 Å². The molecule has 0 aliphatic rings. The fourth-order valence-corrected chi connectivity index (χ4v) is 1.37. The Hall–Kier alpha value is -0.510. The van der Waals surface area contributed by atoms with Gasteiger partial charge in [-0.15, -0.1) is 0 Å². The van der Waals surface area contributed by atoms with Gasteiger partial charge in [0.1, 0.15) is 0 Å². The maximum atomic E-state index is 11.8. The molecule has 0 spiro atoms. The fourth-order valence-electron chi connectivity index (χ4n) is 0.972. The molecule has 0 saturated heterocycles. The minimum Gasteiger partial charge on any atom is -0.166 e. The van der Waals surface area contributed by atoms with Crippen LogP contribution >= 0.6 is 15.9 Å². The van der Waals surface area contributed by atoms with Crippen molar-refractivity contribution in [2.24, 2.45) is 0 Å². The first kappa shape index (κ1) is 15.5. The Morgan fingerprint density at radius 2 is 1.62 bits per heavy atom. The van der Waals surface area contributed by atoms with Crippen LogP contribution in [0.5, 0.6) is 0 Å². The third kappa shape index (κ3) is 7.74. The van der Waals surface area contributed by atoms with Crippen molar-refractivity contribution < 1.29 is 13.2 Å². The first-order valence-electron chi connectivity index (χ1n) is 5.20. The van der Waals surface area contributed by atoms with Gasteiger partial charge in [0.15, 0.2) is 0 Å². The average molecular weight is 297 g/mol. The van der Waals surface area contributed by atoms with E-state index in [0.29, 0.717) is 0 Å². The summed E-state index contributed by atoms with van der Waals surface area (Å²) in [4.78, 5) is 0. The number of hydrogen-bond acceptors (Lipinski definition) is 0. The van der Waals surface area contributed by atoms with E-state index >= 15 is 0 Å². The second kappa shape index (κ2) is 8.62. The number of hydrogen-bond donors (Lipinski definition) is 0. The average Bonchev–Trinajstić information content (AvgIpc) is 2.27. The highest BCUT2D eigenvalue weighted by atomic mass is 79.9. The van der Waals surface area contributed by atoms with Crippen LogP contribution in [0.25, 0.3) is 0 Å². The Bertz CT molecular complexity index is 253. The highest BCUT2D eigenvalue weighted by molar-refractivity contribution is 9.09. The minimum absolute atomic E-state index is 0.602. The molecule has 0 nitrogen and oxygen atoms in total. The van der Waals surface area contributed by atoms with Gasteiger partial charge in [-0.1, -0.05) is 66.0 Å². The molecule has 0 aliphatic heterocycles. The molecule has 0 unspecified atom stereocenters. The molecule has 0 saturated carbocycles. The Labute approximate surface area is 103 Å². The van der Waals surface area contributed by atoms with E-state index in [-0.39, 0.29) is 0 Å². The summed E-state index contributed by atoms with van der Waals surface area (Å²) in [6.45, 7) is 2.21. The van der Waals surface area contributed by atoms with E-state index in [1.165, 1.54) is 36.7 Å². The molecule has 0 aromatic heterocycles. The first-order valence-corrected chi connectivity index (χ1v) is 6.32. The molecule has 0 atom stereocenters. The van der Waals surface area contributed by atoms with Gasteiger partial charge in [-0.25, -0.2) is 0 Å². The molecule has 1 aromatic rings. The van der Waals surface area contributed by atoms with Crippen LogP contribution in [0, 0.1) is 0 Å². The molecule has 1 rings (SSSR count). The van der Waals surface area contributed by atoms with Gasteiger partial charge in [0.05, 0.1) is 5.56 Å². The van der Waals surface area contributed by atoms with Crippen molar-refractivity contribution in [1.29, 1.82) is 0 Å². The van der Waals surface area contributed by atoms with Gasteiger partial charge < -0.3 is 0 Å². The highest BCUT2D eigenvalue weighted by Gasteiger charge is 2.29. The van der Waals surface area contributed by atoms with Gasteiger partial charge in [0.25, 0.3) is 0 Å². The summed E-state index contributed by atoms with van der Waals surface area (Å²) in [6.07, 6.45) is -0.186. The zero-order valence-electron chi connectivity index (χ0n) is 9.23. The van der Waals surface area contributed by atoms with Crippen molar-refractivity contribution in [1.82, 2.24) is 0 Å². The van der Waals surface area contributed by atoms with Crippen LogP contribution in [-0.2, 0) is 6.18 Å². The van der Waals surface area contributed by atoms with Crippen LogP contribution < -0.4 is 0 Å².